The molecule has 0 bridgehead atoms. The largest absolute Gasteiger partial charge is 0.397 e. The lowest BCUT2D eigenvalue weighted by molar-refractivity contribution is 0.102. The first-order valence-electron chi connectivity index (χ1n) is 6.37. The summed E-state index contributed by atoms with van der Waals surface area (Å²) in [6, 6.07) is 8.96. The molecule has 0 saturated carbocycles. The molecule has 7 nitrogen and oxygen atoms in total. The molecule has 0 spiro atoms. The predicted octanol–water partition coefficient (Wildman–Crippen LogP) is 1.74. The Morgan fingerprint density at radius 1 is 1.33 bits per heavy atom. The summed E-state index contributed by atoms with van der Waals surface area (Å²) < 4.78 is 1.57. The smallest absolute Gasteiger partial charge is 0.277 e. The Hall–Kier alpha value is -3.09. The van der Waals surface area contributed by atoms with Gasteiger partial charge >= 0.3 is 0 Å². The van der Waals surface area contributed by atoms with Gasteiger partial charge < -0.3 is 11.1 Å². The molecule has 2 heterocycles. The van der Waals surface area contributed by atoms with Crippen LogP contribution in [0, 0.1) is 6.92 Å². The van der Waals surface area contributed by atoms with E-state index in [2.05, 4.69) is 20.6 Å². The molecule has 0 saturated heterocycles. The van der Waals surface area contributed by atoms with Crippen molar-refractivity contribution in [1.29, 1.82) is 0 Å². The zero-order valence-electron chi connectivity index (χ0n) is 11.4. The summed E-state index contributed by atoms with van der Waals surface area (Å²) in [6.07, 6.45) is 3.33. The highest BCUT2D eigenvalue weighted by molar-refractivity contribution is 6.02. The Balaban J connectivity index is 1.84. The third-order valence-corrected chi connectivity index (χ3v) is 3.07. The van der Waals surface area contributed by atoms with Gasteiger partial charge in [-0.2, -0.15) is 10.2 Å². The van der Waals surface area contributed by atoms with E-state index >= 15 is 0 Å². The van der Waals surface area contributed by atoms with Gasteiger partial charge in [-0.1, -0.05) is 12.1 Å². The van der Waals surface area contributed by atoms with E-state index in [1.54, 1.807) is 29.2 Å². The minimum absolute atomic E-state index is 0.298. The maximum absolute atomic E-state index is 12.1. The topological polar surface area (TPSA) is 102 Å². The van der Waals surface area contributed by atoms with E-state index < -0.39 is 0 Å². The molecule has 4 N–H and O–H groups in total. The van der Waals surface area contributed by atoms with Crippen molar-refractivity contribution < 1.29 is 4.79 Å². The highest BCUT2D eigenvalue weighted by Crippen LogP contribution is 2.16. The quantitative estimate of drug-likeness (QED) is 0.637. The second-order valence-electron chi connectivity index (χ2n) is 4.59. The molecule has 106 valence electrons. The summed E-state index contributed by atoms with van der Waals surface area (Å²) in [6.45, 7) is 1.85. The van der Waals surface area contributed by atoms with Gasteiger partial charge in [0, 0.05) is 11.8 Å². The Kier molecular flexibility index (Phi) is 3.15. The number of carbonyl (C=O) groups is 1. The van der Waals surface area contributed by atoms with Crippen molar-refractivity contribution in [1.82, 2.24) is 20.0 Å². The second-order valence-corrected chi connectivity index (χ2v) is 4.59. The Labute approximate surface area is 120 Å². The third-order valence-electron chi connectivity index (χ3n) is 3.07. The maximum Gasteiger partial charge on any atom is 0.277 e. The van der Waals surface area contributed by atoms with Gasteiger partial charge in [0.25, 0.3) is 5.91 Å². The summed E-state index contributed by atoms with van der Waals surface area (Å²) >= 11 is 0. The van der Waals surface area contributed by atoms with Gasteiger partial charge in [-0.25, -0.2) is 4.68 Å². The molecule has 21 heavy (non-hydrogen) atoms. The lowest BCUT2D eigenvalue weighted by atomic mass is 10.3. The molecule has 7 heteroatoms. The number of aryl methyl sites for hydroxylation is 1. The van der Waals surface area contributed by atoms with E-state index in [1.807, 2.05) is 25.1 Å². The van der Waals surface area contributed by atoms with Gasteiger partial charge in [0.1, 0.15) is 5.82 Å². The molecule has 3 rings (SSSR count). The number of nitrogens with one attached hydrogen (secondary N) is 2. The number of amides is 1. The van der Waals surface area contributed by atoms with Crippen molar-refractivity contribution >= 4 is 17.4 Å². The minimum Gasteiger partial charge on any atom is -0.397 e. The molecule has 1 amide bonds. The van der Waals surface area contributed by atoms with Gasteiger partial charge in [0.05, 0.1) is 17.6 Å². The first-order valence-corrected chi connectivity index (χ1v) is 6.37. The van der Waals surface area contributed by atoms with Crippen molar-refractivity contribution in [2.24, 2.45) is 0 Å². The number of carbonyl (C=O) groups excluding carboxylic acids is 1. The van der Waals surface area contributed by atoms with Crippen molar-refractivity contribution in [3.8, 4) is 5.69 Å². The molecule has 0 aliphatic rings. The first-order chi connectivity index (χ1) is 10.1. The zero-order valence-corrected chi connectivity index (χ0v) is 11.4. The van der Waals surface area contributed by atoms with Crippen LogP contribution in [0.15, 0.2) is 42.7 Å². The van der Waals surface area contributed by atoms with E-state index in [4.69, 9.17) is 5.73 Å². The number of nitrogen functional groups attached to an aromatic ring is 1. The number of aromatic nitrogens is 4. The number of benzene rings is 1. The molecule has 0 fully saturated rings. The van der Waals surface area contributed by atoms with Gasteiger partial charge in [0.2, 0.25) is 0 Å². The van der Waals surface area contributed by atoms with Crippen LogP contribution in [-0.2, 0) is 0 Å². The Morgan fingerprint density at radius 3 is 2.86 bits per heavy atom. The highest BCUT2D eigenvalue weighted by Gasteiger charge is 2.13. The third kappa shape index (κ3) is 2.48. The first kappa shape index (κ1) is 12.9. The van der Waals surface area contributed by atoms with E-state index in [-0.39, 0.29) is 5.91 Å². The average molecular weight is 282 g/mol. The number of anilines is 2. The van der Waals surface area contributed by atoms with Crippen molar-refractivity contribution in [2.45, 2.75) is 6.92 Å². The van der Waals surface area contributed by atoms with Crippen LogP contribution in [-0.4, -0.2) is 25.9 Å². The highest BCUT2D eigenvalue weighted by atomic mass is 16.2. The SMILES string of the molecule is Cc1cn[nH]c1NC(=O)c1ccn(-c2ccccc2N)n1. The van der Waals surface area contributed by atoms with Crippen LogP contribution in [0.25, 0.3) is 5.69 Å². The number of para-hydroxylation sites is 2. The van der Waals surface area contributed by atoms with E-state index in [9.17, 15) is 4.79 Å². The summed E-state index contributed by atoms with van der Waals surface area (Å²) in [4.78, 5) is 12.1. The van der Waals surface area contributed by atoms with Crippen molar-refractivity contribution in [3.05, 3.63) is 54.0 Å². The number of nitrogens with two attached hydrogens (primary N) is 1. The van der Waals surface area contributed by atoms with Gasteiger partial charge in [-0.05, 0) is 25.1 Å². The van der Waals surface area contributed by atoms with Crippen LogP contribution in [0.4, 0.5) is 11.5 Å². The lowest BCUT2D eigenvalue weighted by Gasteiger charge is -2.04. The molecule has 0 atom stereocenters. The molecule has 0 unspecified atom stereocenters. The molecule has 0 aliphatic carbocycles. The van der Waals surface area contributed by atoms with Crippen LogP contribution in [0.5, 0.6) is 0 Å². The summed E-state index contributed by atoms with van der Waals surface area (Å²) in [7, 11) is 0. The van der Waals surface area contributed by atoms with Crippen LogP contribution in [0.1, 0.15) is 16.1 Å². The molecule has 0 aliphatic heterocycles. The number of H-pyrrole nitrogens is 1. The fourth-order valence-electron chi connectivity index (χ4n) is 1.93. The molecule has 2 aromatic heterocycles. The second kappa shape index (κ2) is 5.12. The number of hydrogen-bond donors (Lipinski definition) is 3. The number of nitrogens with zero attached hydrogens (tertiary/aromatic N) is 3. The van der Waals surface area contributed by atoms with Crippen LogP contribution < -0.4 is 11.1 Å². The normalized spacial score (nSPS) is 10.5. The predicted molar refractivity (Wildman–Crippen MR) is 79.3 cm³/mol. The molecular formula is C14H14N6O. The van der Waals surface area contributed by atoms with Crippen molar-refractivity contribution in [3.63, 3.8) is 0 Å². The van der Waals surface area contributed by atoms with Crippen LogP contribution in [0.2, 0.25) is 0 Å². The van der Waals surface area contributed by atoms with Gasteiger partial charge in [-0.15, -0.1) is 0 Å². The maximum atomic E-state index is 12.1. The molecule has 1 aromatic carbocycles. The zero-order chi connectivity index (χ0) is 14.8. The van der Waals surface area contributed by atoms with Gasteiger partial charge in [0.15, 0.2) is 5.69 Å². The number of rotatable bonds is 3. The summed E-state index contributed by atoms with van der Waals surface area (Å²) in [5, 5.41) is 13.5. The monoisotopic (exact) mass is 282 g/mol. The van der Waals surface area contributed by atoms with E-state index in [0.29, 0.717) is 17.2 Å². The van der Waals surface area contributed by atoms with Crippen molar-refractivity contribution in [2.75, 3.05) is 11.1 Å². The summed E-state index contributed by atoms with van der Waals surface area (Å²) in [5.74, 6) is 0.254. The summed E-state index contributed by atoms with van der Waals surface area (Å²) in [5.41, 5.74) is 8.37. The van der Waals surface area contributed by atoms with Crippen LogP contribution >= 0.6 is 0 Å². The molecule has 0 radical (unpaired) electrons. The fourth-order valence-corrected chi connectivity index (χ4v) is 1.93. The number of aromatic amines is 1. The standard InChI is InChI=1S/C14H14N6O/c1-9-8-16-18-13(9)17-14(21)11-6-7-20(19-11)12-5-3-2-4-10(12)15/h2-8H,15H2,1H3,(H2,16,17,18,21). The molecule has 3 aromatic rings. The van der Waals surface area contributed by atoms with Gasteiger partial charge in [-0.3, -0.25) is 9.89 Å². The Bertz CT molecular complexity index is 788. The van der Waals surface area contributed by atoms with E-state index in [1.165, 1.54) is 0 Å². The molecular weight excluding hydrogens is 268 g/mol. The minimum atomic E-state index is -0.310. The fraction of sp³-hybridized carbons (Fsp3) is 0.0714. The van der Waals surface area contributed by atoms with Crippen LogP contribution in [0.3, 0.4) is 0 Å². The number of hydrogen-bond acceptors (Lipinski definition) is 4. The van der Waals surface area contributed by atoms with E-state index in [0.717, 1.165) is 11.3 Å². The lowest BCUT2D eigenvalue weighted by Crippen LogP contribution is -2.14. The Morgan fingerprint density at radius 2 is 2.14 bits per heavy atom. The average Bonchev–Trinajstić information content (AvgIpc) is 3.09.